The maximum atomic E-state index is 4.39. The fourth-order valence-electron chi connectivity index (χ4n) is 2.27. The number of benzene rings is 1. The molecule has 1 atom stereocenters. The molecule has 0 aliphatic carbocycles. The van der Waals surface area contributed by atoms with Crippen molar-refractivity contribution in [3.8, 4) is 0 Å². The highest BCUT2D eigenvalue weighted by Gasteiger charge is 2.06. The molecule has 0 saturated heterocycles. The van der Waals surface area contributed by atoms with E-state index in [1.807, 2.05) is 12.3 Å². The van der Waals surface area contributed by atoms with Crippen LogP contribution < -0.4 is 5.32 Å². The van der Waals surface area contributed by atoms with Crippen molar-refractivity contribution < 1.29 is 0 Å². The summed E-state index contributed by atoms with van der Waals surface area (Å²) in [6.07, 6.45) is 1.85. The standard InChI is InChI=1S/C16H23N3/c1-4-19(3)12-13(2)18-11-14-7-5-9-16-15(14)8-6-10-17-16/h5-10,13,18H,4,11-12H2,1-3H3. The van der Waals surface area contributed by atoms with Crippen LogP contribution in [0.2, 0.25) is 0 Å². The third-order valence-corrected chi connectivity index (χ3v) is 3.50. The molecule has 0 aliphatic rings. The second-order valence-corrected chi connectivity index (χ2v) is 5.12. The summed E-state index contributed by atoms with van der Waals surface area (Å²) in [4.78, 5) is 6.72. The third kappa shape index (κ3) is 3.75. The van der Waals surface area contributed by atoms with Gasteiger partial charge in [-0.05, 0) is 38.2 Å². The third-order valence-electron chi connectivity index (χ3n) is 3.50. The van der Waals surface area contributed by atoms with Crippen molar-refractivity contribution in [2.45, 2.75) is 26.4 Å². The molecule has 0 amide bonds. The molecule has 0 saturated carbocycles. The molecule has 0 fully saturated rings. The summed E-state index contributed by atoms with van der Waals surface area (Å²) in [7, 11) is 2.15. The zero-order valence-electron chi connectivity index (χ0n) is 12.1. The Hall–Kier alpha value is -1.45. The minimum Gasteiger partial charge on any atom is -0.309 e. The van der Waals surface area contributed by atoms with Gasteiger partial charge in [-0.1, -0.05) is 25.1 Å². The van der Waals surface area contributed by atoms with Gasteiger partial charge in [-0.25, -0.2) is 0 Å². The Labute approximate surface area is 115 Å². The number of hydrogen-bond donors (Lipinski definition) is 1. The Morgan fingerprint density at radius 3 is 2.89 bits per heavy atom. The number of likely N-dealkylation sites (N-methyl/N-ethyl adjacent to an activating group) is 1. The van der Waals surface area contributed by atoms with Gasteiger partial charge in [0.05, 0.1) is 5.52 Å². The summed E-state index contributed by atoms with van der Waals surface area (Å²) >= 11 is 0. The number of aromatic nitrogens is 1. The molecule has 1 N–H and O–H groups in total. The van der Waals surface area contributed by atoms with Gasteiger partial charge in [0.1, 0.15) is 0 Å². The molecule has 0 radical (unpaired) electrons. The van der Waals surface area contributed by atoms with E-state index in [1.165, 1.54) is 10.9 Å². The fourth-order valence-corrected chi connectivity index (χ4v) is 2.27. The highest BCUT2D eigenvalue weighted by molar-refractivity contribution is 5.81. The monoisotopic (exact) mass is 257 g/mol. The second-order valence-electron chi connectivity index (χ2n) is 5.12. The minimum atomic E-state index is 0.483. The van der Waals surface area contributed by atoms with Crippen LogP contribution in [0.5, 0.6) is 0 Å². The summed E-state index contributed by atoms with van der Waals surface area (Å²) in [6, 6.07) is 10.9. The van der Waals surface area contributed by atoms with Crippen LogP contribution in [-0.4, -0.2) is 36.1 Å². The smallest absolute Gasteiger partial charge is 0.0705 e. The molecular formula is C16H23N3. The van der Waals surface area contributed by atoms with Gasteiger partial charge in [0.25, 0.3) is 0 Å². The molecular weight excluding hydrogens is 234 g/mol. The predicted molar refractivity (Wildman–Crippen MR) is 81.2 cm³/mol. The SMILES string of the molecule is CCN(C)CC(C)NCc1cccc2ncccc12. The number of fused-ring (bicyclic) bond motifs is 1. The second kappa shape index (κ2) is 6.64. The number of rotatable bonds is 6. The Balaban J connectivity index is 2.02. The first-order chi connectivity index (χ1) is 9.20. The molecule has 19 heavy (non-hydrogen) atoms. The highest BCUT2D eigenvalue weighted by atomic mass is 15.1. The molecule has 2 rings (SSSR count). The van der Waals surface area contributed by atoms with Gasteiger partial charge < -0.3 is 10.2 Å². The summed E-state index contributed by atoms with van der Waals surface area (Å²) < 4.78 is 0. The van der Waals surface area contributed by atoms with Crippen molar-refractivity contribution in [1.82, 2.24) is 15.2 Å². The molecule has 0 spiro atoms. The van der Waals surface area contributed by atoms with Gasteiger partial charge in [-0.3, -0.25) is 4.98 Å². The van der Waals surface area contributed by atoms with E-state index in [-0.39, 0.29) is 0 Å². The van der Waals surface area contributed by atoms with Crippen LogP contribution >= 0.6 is 0 Å². The summed E-state index contributed by atoms with van der Waals surface area (Å²) in [6.45, 7) is 7.46. The average Bonchev–Trinajstić information content (AvgIpc) is 2.44. The van der Waals surface area contributed by atoms with Gasteiger partial charge in [-0.15, -0.1) is 0 Å². The number of hydrogen-bond acceptors (Lipinski definition) is 3. The Morgan fingerprint density at radius 1 is 1.26 bits per heavy atom. The van der Waals surface area contributed by atoms with Crippen LogP contribution in [0, 0.1) is 0 Å². The maximum Gasteiger partial charge on any atom is 0.0705 e. The largest absolute Gasteiger partial charge is 0.309 e. The molecule has 3 nitrogen and oxygen atoms in total. The molecule has 1 unspecified atom stereocenters. The Kier molecular flexibility index (Phi) is 4.88. The van der Waals surface area contributed by atoms with E-state index >= 15 is 0 Å². The average molecular weight is 257 g/mol. The summed E-state index contributed by atoms with van der Waals surface area (Å²) in [5, 5.41) is 4.83. The number of nitrogens with zero attached hydrogens (tertiary/aromatic N) is 2. The van der Waals surface area contributed by atoms with E-state index in [0.29, 0.717) is 6.04 Å². The first-order valence-corrected chi connectivity index (χ1v) is 6.95. The Morgan fingerprint density at radius 2 is 2.11 bits per heavy atom. The molecule has 0 bridgehead atoms. The van der Waals surface area contributed by atoms with Gasteiger partial charge in [-0.2, -0.15) is 0 Å². The molecule has 102 valence electrons. The molecule has 1 aromatic heterocycles. The topological polar surface area (TPSA) is 28.2 Å². The molecule has 0 aliphatic heterocycles. The van der Waals surface area contributed by atoms with Crippen LogP contribution in [0.15, 0.2) is 36.5 Å². The lowest BCUT2D eigenvalue weighted by atomic mass is 10.1. The van der Waals surface area contributed by atoms with E-state index in [1.54, 1.807) is 0 Å². The van der Waals surface area contributed by atoms with Crippen LogP contribution in [0.25, 0.3) is 10.9 Å². The zero-order valence-corrected chi connectivity index (χ0v) is 12.1. The van der Waals surface area contributed by atoms with E-state index in [9.17, 15) is 0 Å². The van der Waals surface area contributed by atoms with Gasteiger partial charge in [0.15, 0.2) is 0 Å². The lowest BCUT2D eigenvalue weighted by molar-refractivity contribution is 0.309. The number of pyridine rings is 1. The van der Waals surface area contributed by atoms with E-state index in [4.69, 9.17) is 0 Å². The molecule has 1 aromatic carbocycles. The van der Waals surface area contributed by atoms with Gasteiger partial charge >= 0.3 is 0 Å². The van der Waals surface area contributed by atoms with E-state index in [0.717, 1.165) is 25.2 Å². The van der Waals surface area contributed by atoms with Gasteiger partial charge in [0, 0.05) is 30.7 Å². The summed E-state index contributed by atoms with van der Waals surface area (Å²) in [5.41, 5.74) is 2.39. The zero-order chi connectivity index (χ0) is 13.7. The van der Waals surface area contributed by atoms with Gasteiger partial charge in [0.2, 0.25) is 0 Å². The van der Waals surface area contributed by atoms with Crippen molar-refractivity contribution in [3.63, 3.8) is 0 Å². The van der Waals surface area contributed by atoms with E-state index in [2.05, 4.69) is 60.4 Å². The number of nitrogens with one attached hydrogen (secondary N) is 1. The summed E-state index contributed by atoms with van der Waals surface area (Å²) in [5.74, 6) is 0. The lowest BCUT2D eigenvalue weighted by Crippen LogP contribution is -2.36. The van der Waals surface area contributed by atoms with Crippen molar-refractivity contribution in [2.75, 3.05) is 20.1 Å². The van der Waals surface area contributed by atoms with Crippen molar-refractivity contribution in [3.05, 3.63) is 42.1 Å². The normalized spacial score (nSPS) is 13.1. The van der Waals surface area contributed by atoms with Crippen LogP contribution in [-0.2, 0) is 6.54 Å². The predicted octanol–water partition coefficient (Wildman–Crippen LogP) is 2.66. The first kappa shape index (κ1) is 14.0. The highest BCUT2D eigenvalue weighted by Crippen LogP contribution is 2.16. The molecule has 3 heteroatoms. The molecule has 2 aromatic rings. The first-order valence-electron chi connectivity index (χ1n) is 6.95. The fraction of sp³-hybridized carbons (Fsp3) is 0.438. The lowest BCUT2D eigenvalue weighted by Gasteiger charge is -2.21. The Bertz CT molecular complexity index is 519. The maximum absolute atomic E-state index is 4.39. The van der Waals surface area contributed by atoms with E-state index < -0.39 is 0 Å². The molecule has 1 heterocycles. The van der Waals surface area contributed by atoms with Crippen LogP contribution in [0.4, 0.5) is 0 Å². The quantitative estimate of drug-likeness (QED) is 0.862. The van der Waals surface area contributed by atoms with Crippen molar-refractivity contribution >= 4 is 10.9 Å². The van der Waals surface area contributed by atoms with Crippen molar-refractivity contribution in [1.29, 1.82) is 0 Å². The van der Waals surface area contributed by atoms with Crippen molar-refractivity contribution in [2.24, 2.45) is 0 Å². The minimum absolute atomic E-state index is 0.483. The van der Waals surface area contributed by atoms with Crippen LogP contribution in [0.3, 0.4) is 0 Å². The van der Waals surface area contributed by atoms with Crippen LogP contribution in [0.1, 0.15) is 19.4 Å².